The topological polar surface area (TPSA) is 175 Å². The van der Waals surface area contributed by atoms with E-state index in [-0.39, 0.29) is 25.7 Å². The third-order valence-corrected chi connectivity index (χ3v) is 7.88. The first-order chi connectivity index (χ1) is 16.2. The number of rotatable bonds is 20. The highest BCUT2D eigenvalue weighted by Gasteiger charge is 2.16. The van der Waals surface area contributed by atoms with E-state index in [9.17, 15) is 19.2 Å². The summed E-state index contributed by atoms with van der Waals surface area (Å²) in [6.07, 6.45) is 0.0992. The highest BCUT2D eigenvalue weighted by molar-refractivity contribution is 7.99. The summed E-state index contributed by atoms with van der Waals surface area (Å²) >= 11 is 5.69. The van der Waals surface area contributed by atoms with Crippen LogP contribution in [0, 0.1) is 0 Å². The van der Waals surface area contributed by atoms with Gasteiger partial charge in [-0.25, -0.2) is 0 Å². The van der Waals surface area contributed by atoms with Crippen molar-refractivity contribution >= 4 is 70.9 Å². The summed E-state index contributed by atoms with van der Waals surface area (Å²) < 4.78 is 0. The minimum Gasteiger partial charge on any atom is -0.481 e. The largest absolute Gasteiger partial charge is 0.481 e. The fraction of sp³-hybridized carbons (Fsp3) is 0.600. The minimum atomic E-state index is -0.882. The molecular weight excluding hydrogens is 524 g/mol. The second kappa shape index (κ2) is 17.7. The normalized spacial score (nSPS) is 10.8. The van der Waals surface area contributed by atoms with Crippen molar-refractivity contribution in [1.29, 1.82) is 0 Å². The van der Waals surface area contributed by atoms with Gasteiger partial charge < -0.3 is 20.4 Å². The van der Waals surface area contributed by atoms with Crippen molar-refractivity contribution in [2.45, 2.75) is 48.7 Å². The van der Waals surface area contributed by atoms with Gasteiger partial charge in [-0.2, -0.15) is 47.0 Å². The Morgan fingerprint density at radius 2 is 0.676 bits per heavy atom. The van der Waals surface area contributed by atoms with Gasteiger partial charge in [-0.15, -0.1) is 0 Å². The van der Waals surface area contributed by atoms with Gasteiger partial charge in [0.1, 0.15) is 0 Å². The molecule has 0 fully saturated rings. The lowest BCUT2D eigenvalue weighted by atomic mass is 10.3. The molecule has 0 aliphatic rings. The molecule has 1 rings (SSSR count). The van der Waals surface area contributed by atoms with Crippen LogP contribution in [0.2, 0.25) is 0 Å². The number of aliphatic carboxylic acids is 4. The summed E-state index contributed by atoms with van der Waals surface area (Å²) in [7, 11) is 0. The van der Waals surface area contributed by atoms with Crippen LogP contribution in [0.5, 0.6) is 0 Å². The molecule has 0 aliphatic carbocycles. The molecule has 0 amide bonds. The molecule has 0 saturated carbocycles. The molecule has 190 valence electrons. The summed E-state index contributed by atoms with van der Waals surface area (Å²) in [4.78, 5) is 52.7. The first kappa shape index (κ1) is 30.4. The highest BCUT2D eigenvalue weighted by Crippen LogP contribution is 2.25. The van der Waals surface area contributed by atoms with E-state index in [1.54, 1.807) is 0 Å². The Kier molecular flexibility index (Phi) is 15.9. The standard InChI is InChI=1S/C20H28N2O8S4/c23-17(24)1-5-31-9-13-14(10-32-6-2-18(25)26)22-16(12-34-8-4-20(29)30)15(21-13)11-33-7-3-19(27)28/h1-12H2,(H,23,24)(H,25,26)(H,27,28)(H,29,30). The molecule has 34 heavy (non-hydrogen) atoms. The summed E-state index contributed by atoms with van der Waals surface area (Å²) in [5.41, 5.74) is 2.80. The van der Waals surface area contributed by atoms with E-state index in [0.717, 1.165) is 0 Å². The number of carboxylic acids is 4. The molecule has 0 atom stereocenters. The zero-order chi connectivity index (χ0) is 25.3. The summed E-state index contributed by atoms with van der Waals surface area (Å²) in [6, 6.07) is 0. The molecule has 1 heterocycles. The van der Waals surface area contributed by atoms with E-state index >= 15 is 0 Å². The van der Waals surface area contributed by atoms with Gasteiger partial charge in [-0.3, -0.25) is 29.1 Å². The predicted molar refractivity (Wildman–Crippen MR) is 136 cm³/mol. The number of nitrogens with zero attached hydrogens (tertiary/aromatic N) is 2. The van der Waals surface area contributed by atoms with Crippen LogP contribution < -0.4 is 0 Å². The van der Waals surface area contributed by atoms with E-state index in [1.165, 1.54) is 47.0 Å². The smallest absolute Gasteiger partial charge is 0.304 e. The molecule has 14 heteroatoms. The fourth-order valence-electron chi connectivity index (χ4n) is 2.36. The van der Waals surface area contributed by atoms with Gasteiger partial charge in [0.15, 0.2) is 0 Å². The van der Waals surface area contributed by atoms with Crippen molar-refractivity contribution in [3.63, 3.8) is 0 Å². The zero-order valence-electron chi connectivity index (χ0n) is 18.4. The maximum absolute atomic E-state index is 10.8. The SMILES string of the molecule is O=C(O)CCSCc1nc(CSCCC(=O)O)c(CSCCC(=O)O)nc1CSCCC(=O)O. The van der Waals surface area contributed by atoms with E-state index in [0.29, 0.717) is 68.8 Å². The molecule has 0 radical (unpaired) electrons. The van der Waals surface area contributed by atoms with Crippen molar-refractivity contribution < 1.29 is 39.6 Å². The van der Waals surface area contributed by atoms with Gasteiger partial charge in [-0.05, 0) is 0 Å². The van der Waals surface area contributed by atoms with Crippen LogP contribution in [-0.2, 0) is 42.2 Å². The van der Waals surface area contributed by atoms with Crippen molar-refractivity contribution in [3.05, 3.63) is 22.8 Å². The summed E-state index contributed by atoms with van der Waals surface area (Å²) in [5, 5.41) is 35.4. The van der Waals surface area contributed by atoms with E-state index < -0.39 is 23.9 Å². The van der Waals surface area contributed by atoms with Crippen LogP contribution in [0.15, 0.2) is 0 Å². The first-order valence-corrected chi connectivity index (χ1v) is 14.9. The number of carbonyl (C=O) groups is 4. The Morgan fingerprint density at radius 3 is 0.853 bits per heavy atom. The van der Waals surface area contributed by atoms with Gasteiger partial charge in [0.05, 0.1) is 48.5 Å². The third-order valence-electron chi connectivity index (χ3n) is 4.00. The van der Waals surface area contributed by atoms with Crippen molar-refractivity contribution in [2.75, 3.05) is 23.0 Å². The summed E-state index contributed by atoms with van der Waals surface area (Å²) in [6.45, 7) is 0. The quantitative estimate of drug-likeness (QED) is 0.173. The predicted octanol–water partition coefficient (Wildman–Crippen LogP) is 3.31. The number of aromatic nitrogens is 2. The zero-order valence-corrected chi connectivity index (χ0v) is 21.7. The average molecular weight is 553 g/mol. The second-order valence-electron chi connectivity index (χ2n) is 6.80. The maximum Gasteiger partial charge on any atom is 0.304 e. The van der Waals surface area contributed by atoms with Crippen LogP contribution in [0.25, 0.3) is 0 Å². The molecule has 0 saturated heterocycles. The number of carboxylic acid groups (broad SMARTS) is 4. The number of hydrogen-bond donors (Lipinski definition) is 4. The summed E-state index contributed by atoms with van der Waals surface area (Å²) in [5.74, 6) is -0.0586. The first-order valence-electron chi connectivity index (χ1n) is 10.2. The number of hydrogen-bond acceptors (Lipinski definition) is 10. The molecule has 0 bridgehead atoms. The van der Waals surface area contributed by atoms with Crippen molar-refractivity contribution in [1.82, 2.24) is 9.97 Å². The Bertz CT molecular complexity index is 711. The maximum atomic E-state index is 10.8. The van der Waals surface area contributed by atoms with Gasteiger partial charge >= 0.3 is 23.9 Å². The van der Waals surface area contributed by atoms with Crippen molar-refractivity contribution in [3.8, 4) is 0 Å². The van der Waals surface area contributed by atoms with Gasteiger partial charge in [0, 0.05) is 46.0 Å². The fourth-order valence-corrected chi connectivity index (χ4v) is 5.91. The van der Waals surface area contributed by atoms with Crippen LogP contribution >= 0.6 is 47.0 Å². The minimum absolute atomic E-state index is 0.0248. The molecule has 0 aromatic carbocycles. The molecule has 10 nitrogen and oxygen atoms in total. The van der Waals surface area contributed by atoms with Crippen LogP contribution in [0.3, 0.4) is 0 Å². The monoisotopic (exact) mass is 552 g/mol. The van der Waals surface area contributed by atoms with Crippen molar-refractivity contribution in [2.24, 2.45) is 0 Å². The van der Waals surface area contributed by atoms with E-state index in [1.807, 2.05) is 0 Å². The van der Waals surface area contributed by atoms with Crippen LogP contribution in [0.1, 0.15) is 48.5 Å². The van der Waals surface area contributed by atoms with E-state index in [4.69, 9.17) is 30.4 Å². The molecule has 0 unspecified atom stereocenters. The lowest BCUT2D eigenvalue weighted by Crippen LogP contribution is -2.10. The Morgan fingerprint density at radius 1 is 0.471 bits per heavy atom. The van der Waals surface area contributed by atoms with Crippen LogP contribution in [0.4, 0.5) is 0 Å². The molecular formula is C20H28N2O8S4. The average Bonchev–Trinajstić information content (AvgIpc) is 2.75. The van der Waals surface area contributed by atoms with Crippen LogP contribution in [-0.4, -0.2) is 77.3 Å². The second-order valence-corrected chi connectivity index (χ2v) is 11.2. The molecule has 0 spiro atoms. The highest BCUT2D eigenvalue weighted by atomic mass is 32.2. The van der Waals surface area contributed by atoms with Gasteiger partial charge in [-0.1, -0.05) is 0 Å². The van der Waals surface area contributed by atoms with E-state index in [2.05, 4.69) is 0 Å². The molecule has 1 aromatic rings. The third kappa shape index (κ3) is 14.6. The Balaban J connectivity index is 3.02. The molecule has 0 aliphatic heterocycles. The molecule has 1 aromatic heterocycles. The lowest BCUT2D eigenvalue weighted by molar-refractivity contribution is -0.137. The molecule has 4 N–H and O–H groups in total. The Labute approximate surface area is 214 Å². The lowest BCUT2D eigenvalue weighted by Gasteiger charge is -2.14. The Hall–Kier alpha value is -1.64. The van der Waals surface area contributed by atoms with Gasteiger partial charge in [0.2, 0.25) is 0 Å². The van der Waals surface area contributed by atoms with Gasteiger partial charge in [0.25, 0.3) is 0 Å². The number of thioether (sulfide) groups is 4.